The first-order valence-electron chi connectivity index (χ1n) is 7.31. The van der Waals surface area contributed by atoms with Gasteiger partial charge in [0.1, 0.15) is 10.5 Å². The normalized spacial score (nSPS) is 12.9. The Labute approximate surface area is 149 Å². The van der Waals surface area contributed by atoms with E-state index in [9.17, 15) is 26.4 Å². The van der Waals surface area contributed by atoms with Crippen LogP contribution in [0.3, 0.4) is 0 Å². The standard InChI is InChI=1S/C15H19ClF3NO4S/c1-14(2,3)24-13(21)5-4-8-20-25(22,23)12-9-10(15(17,18)19)6-7-11(12)16/h6-7,9,20H,4-5,8H2,1-3H3. The molecule has 0 aromatic heterocycles. The number of carbonyl (C=O) groups excluding carboxylic acids is 1. The Balaban J connectivity index is 2.72. The molecule has 0 atom stereocenters. The van der Waals surface area contributed by atoms with Crippen molar-refractivity contribution in [2.24, 2.45) is 0 Å². The molecule has 1 aromatic rings. The quantitative estimate of drug-likeness (QED) is 0.582. The highest BCUT2D eigenvalue weighted by Crippen LogP contribution is 2.33. The smallest absolute Gasteiger partial charge is 0.416 e. The molecule has 1 aromatic carbocycles. The van der Waals surface area contributed by atoms with Gasteiger partial charge in [-0.25, -0.2) is 13.1 Å². The van der Waals surface area contributed by atoms with Gasteiger partial charge in [0, 0.05) is 13.0 Å². The summed E-state index contributed by atoms with van der Waals surface area (Å²) in [5.41, 5.74) is -1.77. The van der Waals surface area contributed by atoms with Crippen LogP contribution in [0.25, 0.3) is 0 Å². The van der Waals surface area contributed by atoms with Crippen LogP contribution in [0, 0.1) is 0 Å². The molecule has 0 amide bonds. The monoisotopic (exact) mass is 401 g/mol. The zero-order chi connectivity index (χ0) is 19.5. The molecule has 0 aliphatic carbocycles. The Morgan fingerprint density at radius 3 is 2.36 bits per heavy atom. The third-order valence-electron chi connectivity index (χ3n) is 2.82. The van der Waals surface area contributed by atoms with E-state index in [1.807, 2.05) is 0 Å². The van der Waals surface area contributed by atoms with Crippen molar-refractivity contribution in [3.05, 3.63) is 28.8 Å². The third kappa shape index (κ3) is 7.21. The molecule has 142 valence electrons. The van der Waals surface area contributed by atoms with Crippen molar-refractivity contribution in [3.63, 3.8) is 0 Å². The first kappa shape index (κ1) is 21.7. The second-order valence-electron chi connectivity index (χ2n) is 6.23. The van der Waals surface area contributed by atoms with Gasteiger partial charge in [0.15, 0.2) is 0 Å². The van der Waals surface area contributed by atoms with E-state index in [2.05, 4.69) is 4.72 Å². The van der Waals surface area contributed by atoms with Crippen LogP contribution in [0.2, 0.25) is 5.02 Å². The molecule has 0 spiro atoms. The van der Waals surface area contributed by atoms with Crippen molar-refractivity contribution in [1.82, 2.24) is 4.72 Å². The Bertz CT molecular complexity index is 727. The zero-order valence-corrected chi connectivity index (χ0v) is 15.5. The van der Waals surface area contributed by atoms with E-state index >= 15 is 0 Å². The van der Waals surface area contributed by atoms with Crippen LogP contribution in [0.5, 0.6) is 0 Å². The van der Waals surface area contributed by atoms with Crippen molar-refractivity contribution < 1.29 is 31.1 Å². The highest BCUT2D eigenvalue weighted by molar-refractivity contribution is 7.89. The largest absolute Gasteiger partial charge is 0.460 e. The van der Waals surface area contributed by atoms with Crippen molar-refractivity contribution in [3.8, 4) is 0 Å². The van der Waals surface area contributed by atoms with Gasteiger partial charge in [-0.3, -0.25) is 4.79 Å². The Kier molecular flexibility index (Phi) is 6.88. The molecule has 1 rings (SSSR count). The number of alkyl halides is 3. The number of sulfonamides is 1. The maximum absolute atomic E-state index is 12.7. The summed E-state index contributed by atoms with van der Waals surface area (Å²) < 4.78 is 69.6. The SMILES string of the molecule is CC(C)(C)OC(=O)CCCNS(=O)(=O)c1cc(C(F)(F)F)ccc1Cl. The van der Waals surface area contributed by atoms with Gasteiger partial charge in [-0.05, 0) is 45.4 Å². The van der Waals surface area contributed by atoms with Gasteiger partial charge in [-0.2, -0.15) is 13.2 Å². The molecule has 0 radical (unpaired) electrons. The highest BCUT2D eigenvalue weighted by atomic mass is 35.5. The van der Waals surface area contributed by atoms with Gasteiger partial charge in [0.25, 0.3) is 0 Å². The number of halogens is 4. The lowest BCUT2D eigenvalue weighted by atomic mass is 10.2. The Morgan fingerprint density at radius 1 is 1.24 bits per heavy atom. The second-order valence-corrected chi connectivity index (χ2v) is 8.37. The van der Waals surface area contributed by atoms with Crippen LogP contribution in [-0.4, -0.2) is 26.5 Å². The number of esters is 1. The lowest BCUT2D eigenvalue weighted by Gasteiger charge is -2.19. The van der Waals surface area contributed by atoms with Crippen LogP contribution < -0.4 is 4.72 Å². The molecule has 10 heteroatoms. The van der Waals surface area contributed by atoms with E-state index < -0.39 is 38.2 Å². The van der Waals surface area contributed by atoms with E-state index in [1.54, 1.807) is 20.8 Å². The molecular weight excluding hydrogens is 383 g/mol. The van der Waals surface area contributed by atoms with Gasteiger partial charge < -0.3 is 4.74 Å². The summed E-state index contributed by atoms with van der Waals surface area (Å²) in [4.78, 5) is 10.9. The Hall–Kier alpha value is -1.32. The average molecular weight is 402 g/mol. The van der Waals surface area contributed by atoms with Crippen LogP contribution in [-0.2, 0) is 25.7 Å². The fraction of sp³-hybridized carbons (Fsp3) is 0.533. The zero-order valence-electron chi connectivity index (χ0n) is 13.9. The van der Waals surface area contributed by atoms with E-state index in [4.69, 9.17) is 16.3 Å². The number of ether oxygens (including phenoxy) is 1. The number of hydrogen-bond acceptors (Lipinski definition) is 4. The topological polar surface area (TPSA) is 72.5 Å². The van der Waals surface area contributed by atoms with E-state index in [1.165, 1.54) is 0 Å². The molecule has 0 fully saturated rings. The summed E-state index contributed by atoms with van der Waals surface area (Å²) >= 11 is 5.71. The molecule has 0 saturated carbocycles. The summed E-state index contributed by atoms with van der Waals surface area (Å²) in [5.74, 6) is -0.496. The van der Waals surface area contributed by atoms with Crippen LogP contribution in [0.4, 0.5) is 13.2 Å². The molecule has 0 aliphatic rings. The van der Waals surface area contributed by atoms with Crippen molar-refractivity contribution in [2.75, 3.05) is 6.54 Å². The summed E-state index contributed by atoms with van der Waals surface area (Å²) in [7, 11) is -4.24. The number of nitrogens with one attached hydrogen (secondary N) is 1. The Morgan fingerprint density at radius 2 is 1.84 bits per heavy atom. The predicted octanol–water partition coefficient (Wildman–Crippen LogP) is 3.76. The summed E-state index contributed by atoms with van der Waals surface area (Å²) in [6, 6.07) is 2.04. The minimum atomic E-state index is -4.69. The highest BCUT2D eigenvalue weighted by Gasteiger charge is 2.32. The molecule has 5 nitrogen and oxygen atoms in total. The van der Waals surface area contributed by atoms with Gasteiger partial charge in [0.2, 0.25) is 10.0 Å². The predicted molar refractivity (Wildman–Crippen MR) is 86.7 cm³/mol. The second kappa shape index (κ2) is 7.92. The van der Waals surface area contributed by atoms with Gasteiger partial charge in [-0.15, -0.1) is 0 Å². The van der Waals surface area contributed by atoms with Crippen molar-refractivity contribution in [2.45, 2.75) is 50.3 Å². The molecule has 25 heavy (non-hydrogen) atoms. The minimum absolute atomic E-state index is 0.0316. The molecule has 0 heterocycles. The number of benzene rings is 1. The fourth-order valence-corrected chi connectivity index (χ4v) is 3.39. The van der Waals surface area contributed by atoms with Crippen LogP contribution in [0.1, 0.15) is 39.2 Å². The van der Waals surface area contributed by atoms with Crippen molar-refractivity contribution in [1.29, 1.82) is 0 Å². The fourth-order valence-electron chi connectivity index (χ4n) is 1.80. The molecule has 0 saturated heterocycles. The molecule has 0 bridgehead atoms. The molecule has 0 unspecified atom stereocenters. The minimum Gasteiger partial charge on any atom is -0.460 e. The average Bonchev–Trinajstić information content (AvgIpc) is 2.40. The van der Waals surface area contributed by atoms with Crippen molar-refractivity contribution >= 4 is 27.6 Å². The van der Waals surface area contributed by atoms with Gasteiger partial charge in [-0.1, -0.05) is 11.6 Å². The summed E-state index contributed by atoms with van der Waals surface area (Å²) in [6.07, 6.45) is -4.59. The maximum Gasteiger partial charge on any atom is 0.416 e. The molecule has 0 aliphatic heterocycles. The first-order chi connectivity index (χ1) is 11.2. The number of hydrogen-bond donors (Lipinski definition) is 1. The lowest BCUT2D eigenvalue weighted by Crippen LogP contribution is -2.27. The van der Waals surface area contributed by atoms with E-state index in [-0.39, 0.29) is 24.4 Å². The maximum atomic E-state index is 12.7. The molecular formula is C15H19ClF3NO4S. The van der Waals surface area contributed by atoms with Crippen LogP contribution in [0.15, 0.2) is 23.1 Å². The van der Waals surface area contributed by atoms with Crippen LogP contribution >= 0.6 is 11.6 Å². The van der Waals surface area contributed by atoms with Gasteiger partial charge >= 0.3 is 12.1 Å². The molecule has 1 N–H and O–H groups in total. The summed E-state index contributed by atoms with van der Waals surface area (Å²) in [6.45, 7) is 4.95. The summed E-state index contributed by atoms with van der Waals surface area (Å²) in [5, 5.41) is -0.326. The van der Waals surface area contributed by atoms with Gasteiger partial charge in [0.05, 0.1) is 10.6 Å². The van der Waals surface area contributed by atoms with E-state index in [0.717, 1.165) is 6.07 Å². The third-order valence-corrected chi connectivity index (χ3v) is 4.76. The number of carbonyl (C=O) groups is 1. The van der Waals surface area contributed by atoms with E-state index in [0.29, 0.717) is 12.1 Å². The lowest BCUT2D eigenvalue weighted by molar-refractivity contribution is -0.154. The first-order valence-corrected chi connectivity index (χ1v) is 9.17. The number of rotatable bonds is 6.